The largest absolute Gasteiger partial charge is 0.381 e. The van der Waals surface area contributed by atoms with Crippen molar-refractivity contribution >= 4 is 0 Å². The summed E-state index contributed by atoms with van der Waals surface area (Å²) in [4.78, 5) is 4.97. The number of nitrogens with zero attached hydrogens (tertiary/aromatic N) is 5. The van der Waals surface area contributed by atoms with Gasteiger partial charge in [0, 0.05) is 31.7 Å². The van der Waals surface area contributed by atoms with Crippen LogP contribution in [-0.4, -0.2) is 37.8 Å². The van der Waals surface area contributed by atoms with Crippen LogP contribution in [0.3, 0.4) is 0 Å². The Hall–Kier alpha value is -2.51. The summed E-state index contributed by atoms with van der Waals surface area (Å²) in [5, 5.41) is 9.18. The second kappa shape index (κ2) is 6.34. The molecule has 0 saturated carbocycles. The maximum atomic E-state index is 5.66. The van der Waals surface area contributed by atoms with Crippen LogP contribution < -0.4 is 0 Å². The number of aryl methyl sites for hydroxylation is 1. The van der Waals surface area contributed by atoms with Crippen molar-refractivity contribution in [2.75, 3.05) is 13.2 Å². The summed E-state index contributed by atoms with van der Waals surface area (Å²) in [5.41, 5.74) is 4.46. The van der Waals surface area contributed by atoms with Crippen molar-refractivity contribution in [2.45, 2.75) is 32.0 Å². The smallest absolute Gasteiger partial charge is 0.164 e. The summed E-state index contributed by atoms with van der Waals surface area (Å²) in [6.45, 7) is 2.83. The first kappa shape index (κ1) is 15.7. The van der Waals surface area contributed by atoms with Gasteiger partial charge in [-0.05, 0) is 24.0 Å². The van der Waals surface area contributed by atoms with Crippen LogP contribution >= 0.6 is 0 Å². The van der Waals surface area contributed by atoms with E-state index in [1.807, 2.05) is 24.1 Å². The minimum absolute atomic E-state index is 0.341. The lowest BCUT2D eigenvalue weighted by molar-refractivity contribution is 0.0836. The number of hydrogen-bond donors (Lipinski definition) is 0. The van der Waals surface area contributed by atoms with E-state index in [2.05, 4.69) is 23.3 Å². The van der Waals surface area contributed by atoms with Gasteiger partial charge in [-0.3, -0.25) is 4.68 Å². The van der Waals surface area contributed by atoms with E-state index in [9.17, 15) is 0 Å². The van der Waals surface area contributed by atoms with Gasteiger partial charge in [0.25, 0.3) is 0 Å². The molecule has 2 aromatic heterocycles. The van der Waals surface area contributed by atoms with E-state index in [0.717, 1.165) is 49.0 Å². The first-order valence-electron chi connectivity index (χ1n) is 9.02. The lowest BCUT2D eigenvalue weighted by atomic mass is 9.99. The Labute approximate surface area is 151 Å². The van der Waals surface area contributed by atoms with Crippen molar-refractivity contribution in [3.63, 3.8) is 0 Å². The molecule has 0 unspecified atom stereocenters. The number of benzene rings is 1. The molecule has 0 amide bonds. The van der Waals surface area contributed by atoms with Crippen molar-refractivity contribution < 1.29 is 9.47 Å². The molecule has 7 heteroatoms. The predicted molar refractivity (Wildman–Crippen MR) is 94.8 cm³/mol. The third-order valence-electron chi connectivity index (χ3n) is 5.16. The molecule has 7 nitrogen and oxygen atoms in total. The van der Waals surface area contributed by atoms with E-state index in [-0.39, 0.29) is 0 Å². The van der Waals surface area contributed by atoms with Gasteiger partial charge in [0.15, 0.2) is 11.6 Å². The molecule has 3 aromatic rings. The van der Waals surface area contributed by atoms with Gasteiger partial charge in [-0.15, -0.1) is 0 Å². The molecule has 0 bridgehead atoms. The first-order chi connectivity index (χ1) is 12.8. The van der Waals surface area contributed by atoms with Gasteiger partial charge in [0.05, 0.1) is 25.6 Å². The van der Waals surface area contributed by atoms with Crippen LogP contribution in [0.25, 0.3) is 17.1 Å². The van der Waals surface area contributed by atoms with E-state index >= 15 is 0 Å². The fourth-order valence-electron chi connectivity index (χ4n) is 3.74. The monoisotopic (exact) mass is 351 g/mol. The van der Waals surface area contributed by atoms with Crippen molar-refractivity contribution in [3.8, 4) is 17.1 Å². The van der Waals surface area contributed by atoms with Crippen LogP contribution in [0.15, 0.2) is 30.6 Å². The Kier molecular flexibility index (Phi) is 3.83. The molecule has 1 saturated heterocycles. The second-order valence-corrected chi connectivity index (χ2v) is 6.90. The number of ether oxygens (including phenoxy) is 2. The standard InChI is InChI=1S/C19H21N5O2/c1-23-10-15(9-20-23)24-19(16-4-2-3-14-11-26-12-17(14)16)21-18(22-24)13-5-7-25-8-6-13/h2-4,9-10,13H,5-8,11-12H2,1H3. The Morgan fingerprint density at radius 1 is 1.12 bits per heavy atom. The quantitative estimate of drug-likeness (QED) is 0.726. The summed E-state index contributed by atoms with van der Waals surface area (Å²) >= 11 is 0. The van der Waals surface area contributed by atoms with E-state index in [0.29, 0.717) is 19.1 Å². The molecule has 2 aliphatic rings. The molecule has 134 valence electrons. The van der Waals surface area contributed by atoms with Crippen molar-refractivity contribution in [2.24, 2.45) is 7.05 Å². The van der Waals surface area contributed by atoms with E-state index in [1.165, 1.54) is 11.1 Å². The summed E-state index contributed by atoms with van der Waals surface area (Å²) in [7, 11) is 1.91. The SMILES string of the molecule is Cn1cc(-n2nc(C3CCOCC3)nc2-c2cccc3c2COC3)cn1. The highest BCUT2D eigenvalue weighted by Gasteiger charge is 2.26. The van der Waals surface area contributed by atoms with Gasteiger partial charge in [-0.1, -0.05) is 18.2 Å². The topological polar surface area (TPSA) is 67.0 Å². The molecule has 4 heterocycles. The molecule has 1 fully saturated rings. The molecule has 0 N–H and O–H groups in total. The Morgan fingerprint density at radius 3 is 2.81 bits per heavy atom. The van der Waals surface area contributed by atoms with Crippen molar-refractivity contribution in [1.82, 2.24) is 24.5 Å². The summed E-state index contributed by atoms with van der Waals surface area (Å²) in [6.07, 6.45) is 5.72. The molecule has 0 aliphatic carbocycles. The summed E-state index contributed by atoms with van der Waals surface area (Å²) in [5.74, 6) is 2.10. The van der Waals surface area contributed by atoms with Crippen LogP contribution in [0.1, 0.15) is 35.7 Å². The number of fused-ring (bicyclic) bond motifs is 1. The van der Waals surface area contributed by atoms with Crippen LogP contribution in [0.4, 0.5) is 0 Å². The molecule has 1 aromatic carbocycles. The van der Waals surface area contributed by atoms with Crippen molar-refractivity contribution in [3.05, 3.63) is 47.5 Å². The zero-order chi connectivity index (χ0) is 17.5. The first-order valence-corrected chi connectivity index (χ1v) is 9.02. The van der Waals surface area contributed by atoms with Crippen LogP contribution in [0.5, 0.6) is 0 Å². The van der Waals surface area contributed by atoms with Crippen LogP contribution in [-0.2, 0) is 29.7 Å². The minimum Gasteiger partial charge on any atom is -0.381 e. The molecular formula is C19H21N5O2. The summed E-state index contributed by atoms with van der Waals surface area (Å²) < 4.78 is 14.9. The minimum atomic E-state index is 0.341. The predicted octanol–water partition coefficient (Wildman–Crippen LogP) is 2.59. The van der Waals surface area contributed by atoms with Crippen LogP contribution in [0, 0.1) is 0 Å². The fraction of sp³-hybridized carbons (Fsp3) is 0.421. The Balaban J connectivity index is 1.65. The molecule has 0 radical (unpaired) electrons. The van der Waals surface area contributed by atoms with Gasteiger partial charge >= 0.3 is 0 Å². The van der Waals surface area contributed by atoms with Gasteiger partial charge < -0.3 is 9.47 Å². The third-order valence-corrected chi connectivity index (χ3v) is 5.16. The number of hydrogen-bond acceptors (Lipinski definition) is 5. The zero-order valence-corrected chi connectivity index (χ0v) is 14.8. The number of rotatable bonds is 3. The van der Waals surface area contributed by atoms with Gasteiger partial charge in [-0.2, -0.15) is 10.2 Å². The average Bonchev–Trinajstić information content (AvgIpc) is 3.40. The number of aromatic nitrogens is 5. The molecule has 0 spiro atoms. The average molecular weight is 351 g/mol. The second-order valence-electron chi connectivity index (χ2n) is 6.90. The Morgan fingerprint density at radius 2 is 2.00 bits per heavy atom. The highest BCUT2D eigenvalue weighted by Crippen LogP contribution is 2.33. The normalized spacial score (nSPS) is 17.6. The summed E-state index contributed by atoms with van der Waals surface area (Å²) in [6, 6.07) is 6.30. The maximum absolute atomic E-state index is 5.66. The van der Waals surface area contributed by atoms with Gasteiger partial charge in [0.2, 0.25) is 0 Å². The Bertz CT molecular complexity index is 939. The van der Waals surface area contributed by atoms with E-state index in [1.54, 1.807) is 4.68 Å². The highest BCUT2D eigenvalue weighted by molar-refractivity contribution is 5.65. The van der Waals surface area contributed by atoms with E-state index in [4.69, 9.17) is 19.6 Å². The molecule has 5 rings (SSSR count). The maximum Gasteiger partial charge on any atom is 0.164 e. The van der Waals surface area contributed by atoms with E-state index < -0.39 is 0 Å². The van der Waals surface area contributed by atoms with Crippen molar-refractivity contribution in [1.29, 1.82) is 0 Å². The lowest BCUT2D eigenvalue weighted by Gasteiger charge is -2.18. The molecule has 2 aliphatic heterocycles. The lowest BCUT2D eigenvalue weighted by Crippen LogP contribution is -2.15. The molecular weight excluding hydrogens is 330 g/mol. The zero-order valence-electron chi connectivity index (χ0n) is 14.8. The fourth-order valence-corrected chi connectivity index (χ4v) is 3.74. The van der Waals surface area contributed by atoms with Gasteiger partial charge in [0.1, 0.15) is 5.69 Å². The molecule has 26 heavy (non-hydrogen) atoms. The highest BCUT2D eigenvalue weighted by atomic mass is 16.5. The van der Waals surface area contributed by atoms with Crippen LogP contribution in [0.2, 0.25) is 0 Å². The van der Waals surface area contributed by atoms with Gasteiger partial charge in [-0.25, -0.2) is 9.67 Å². The third kappa shape index (κ3) is 2.64. The molecule has 0 atom stereocenters.